The third-order valence-electron chi connectivity index (χ3n) is 10.1. The van der Waals surface area contributed by atoms with Crippen LogP contribution in [0.15, 0.2) is 60.7 Å². The summed E-state index contributed by atoms with van der Waals surface area (Å²) in [6.07, 6.45) is 4.52. The molecule has 3 atom stereocenters. The van der Waals surface area contributed by atoms with Crippen molar-refractivity contribution >= 4 is 39.4 Å². The van der Waals surface area contributed by atoms with Crippen LogP contribution in [0.5, 0.6) is 5.75 Å². The van der Waals surface area contributed by atoms with Gasteiger partial charge in [0, 0.05) is 61.3 Å². The number of anilines is 1. The van der Waals surface area contributed by atoms with Crippen molar-refractivity contribution in [2.24, 2.45) is 24.6 Å². The number of aryl methyl sites for hydroxylation is 1. The average Bonchev–Trinajstić information content (AvgIpc) is 3.44. The summed E-state index contributed by atoms with van der Waals surface area (Å²) in [5.74, 6) is 2.41. The van der Waals surface area contributed by atoms with Gasteiger partial charge in [0.1, 0.15) is 11.3 Å². The van der Waals surface area contributed by atoms with Gasteiger partial charge in [0.05, 0.1) is 18.3 Å². The number of hydrogen-bond acceptors (Lipinski definition) is 5. The number of amides is 2. The Bertz CT molecular complexity index is 2000. The van der Waals surface area contributed by atoms with Gasteiger partial charge >= 0.3 is 0 Å². The topological polar surface area (TPSA) is 107 Å². The van der Waals surface area contributed by atoms with Gasteiger partial charge in [-0.2, -0.15) is 0 Å². The minimum atomic E-state index is -0.0895. The molecule has 3 N–H and O–H groups in total. The Labute approximate surface area is 262 Å². The molecule has 1 aliphatic heterocycles. The van der Waals surface area contributed by atoms with Crippen LogP contribution in [0.1, 0.15) is 43.0 Å². The highest BCUT2D eigenvalue weighted by Gasteiger charge is 2.47. The molecule has 2 unspecified atom stereocenters. The molecule has 5 aromatic rings. The molecule has 45 heavy (non-hydrogen) atoms. The van der Waals surface area contributed by atoms with E-state index in [1.165, 1.54) is 19.8 Å². The number of nitrogens with two attached hydrogens (primary N) is 1. The summed E-state index contributed by atoms with van der Waals surface area (Å²) in [7, 11) is 3.67. The van der Waals surface area contributed by atoms with Gasteiger partial charge in [-0.3, -0.25) is 9.59 Å². The molecular weight excluding hydrogens is 564 g/mol. The molecule has 9 nitrogen and oxygen atoms in total. The number of rotatable bonds is 7. The fourth-order valence-electron chi connectivity index (χ4n) is 7.62. The van der Waals surface area contributed by atoms with Crippen LogP contribution >= 0.6 is 0 Å². The van der Waals surface area contributed by atoms with Crippen LogP contribution in [0, 0.1) is 11.8 Å². The Hall–Kier alpha value is -4.63. The van der Waals surface area contributed by atoms with E-state index < -0.39 is 0 Å². The highest BCUT2D eigenvalue weighted by Crippen LogP contribution is 2.41. The largest absolute Gasteiger partial charge is 0.494 e. The molecule has 2 aromatic heterocycles. The third kappa shape index (κ3) is 4.68. The standard InChI is InChI=1S/C36H38N6O3/c1-20(43)38-27-6-4-5-22(13-27)23-9-10-24-16-31(41(30(24)15-23)18-21-7-8-21)35-39-28-14-26(17-32(45-3)34(28)40(35)2)36(44)42-19-25-11-12-29(42)33(25)37/h4-6,9-10,13-17,21,25,29,33H,7-8,11-12,18-19,37H2,1-3H3,(H,38,43)/t25?,29?,33-/m1/s1. The summed E-state index contributed by atoms with van der Waals surface area (Å²) in [5, 5.41) is 4.03. The Morgan fingerprint density at radius 3 is 2.56 bits per heavy atom. The maximum absolute atomic E-state index is 13.7. The number of imidazole rings is 1. The molecule has 230 valence electrons. The molecule has 1 saturated heterocycles. The van der Waals surface area contributed by atoms with Gasteiger partial charge in [-0.1, -0.05) is 24.3 Å². The first kappa shape index (κ1) is 27.9. The summed E-state index contributed by atoms with van der Waals surface area (Å²) in [6, 6.07) is 20.6. The number of ether oxygens (including phenoxy) is 1. The number of methoxy groups -OCH3 is 1. The number of likely N-dealkylation sites (tertiary alicyclic amines) is 1. The minimum Gasteiger partial charge on any atom is -0.494 e. The zero-order valence-corrected chi connectivity index (χ0v) is 25.9. The lowest BCUT2D eigenvalue weighted by molar-refractivity contribution is -0.114. The van der Waals surface area contributed by atoms with Gasteiger partial charge < -0.3 is 29.8 Å². The second kappa shape index (κ2) is 10.5. The van der Waals surface area contributed by atoms with Crippen molar-refractivity contribution in [2.45, 2.75) is 51.2 Å². The predicted octanol–water partition coefficient (Wildman–Crippen LogP) is 5.80. The molecule has 3 fully saturated rings. The van der Waals surface area contributed by atoms with Crippen LogP contribution in [0.25, 0.3) is 44.6 Å². The second-order valence-corrected chi connectivity index (χ2v) is 13.1. The molecule has 0 spiro atoms. The van der Waals surface area contributed by atoms with Gasteiger partial charge in [-0.25, -0.2) is 4.98 Å². The highest BCUT2D eigenvalue weighted by molar-refractivity contribution is 6.01. The molecule has 3 aliphatic rings. The number of fused-ring (bicyclic) bond motifs is 4. The van der Waals surface area contributed by atoms with Crippen LogP contribution in [0.4, 0.5) is 5.69 Å². The summed E-state index contributed by atoms with van der Waals surface area (Å²) in [4.78, 5) is 32.5. The Kier molecular flexibility index (Phi) is 6.49. The molecule has 2 aliphatic carbocycles. The molecule has 2 amide bonds. The van der Waals surface area contributed by atoms with Crippen molar-refractivity contribution < 1.29 is 14.3 Å². The smallest absolute Gasteiger partial charge is 0.254 e. The normalized spacial score (nSPS) is 20.8. The predicted molar refractivity (Wildman–Crippen MR) is 176 cm³/mol. The second-order valence-electron chi connectivity index (χ2n) is 13.1. The van der Waals surface area contributed by atoms with E-state index in [-0.39, 0.29) is 23.9 Å². The highest BCUT2D eigenvalue weighted by atomic mass is 16.5. The molecule has 8 rings (SSSR count). The van der Waals surface area contributed by atoms with Gasteiger partial charge in [0.25, 0.3) is 5.91 Å². The molecule has 9 heteroatoms. The van der Waals surface area contributed by atoms with Crippen LogP contribution in [-0.2, 0) is 18.4 Å². The van der Waals surface area contributed by atoms with Crippen molar-refractivity contribution in [3.8, 4) is 28.4 Å². The fourth-order valence-corrected chi connectivity index (χ4v) is 7.62. The van der Waals surface area contributed by atoms with Gasteiger partial charge in [0.15, 0.2) is 5.82 Å². The lowest BCUT2D eigenvalue weighted by Crippen LogP contribution is -2.41. The molecule has 0 radical (unpaired) electrons. The van der Waals surface area contributed by atoms with Gasteiger partial charge in [-0.15, -0.1) is 0 Å². The molecule has 3 aromatic carbocycles. The number of carbonyl (C=O) groups excluding carboxylic acids is 2. The number of nitrogens with one attached hydrogen (secondary N) is 1. The summed E-state index contributed by atoms with van der Waals surface area (Å²) >= 11 is 0. The van der Waals surface area contributed by atoms with E-state index >= 15 is 0 Å². The first-order chi connectivity index (χ1) is 21.8. The number of piperidine rings is 1. The van der Waals surface area contributed by atoms with E-state index in [2.05, 4.69) is 44.8 Å². The van der Waals surface area contributed by atoms with Crippen molar-refractivity contribution in [3.63, 3.8) is 0 Å². The zero-order valence-electron chi connectivity index (χ0n) is 25.9. The van der Waals surface area contributed by atoms with Crippen LogP contribution in [0.2, 0.25) is 0 Å². The average molecular weight is 603 g/mol. The maximum Gasteiger partial charge on any atom is 0.254 e. The number of benzene rings is 3. The van der Waals surface area contributed by atoms with Crippen LogP contribution < -0.4 is 15.8 Å². The first-order valence-corrected chi connectivity index (χ1v) is 15.9. The van der Waals surface area contributed by atoms with E-state index in [1.54, 1.807) is 7.11 Å². The lowest BCUT2D eigenvalue weighted by atomic mass is 10.0. The van der Waals surface area contributed by atoms with E-state index in [0.717, 1.165) is 76.2 Å². The van der Waals surface area contributed by atoms with E-state index in [0.29, 0.717) is 23.1 Å². The SMILES string of the molecule is COc1cc(C(=O)N2CC3CCC2[C@@H]3N)cc2nc(-c3cc4ccc(-c5cccc(NC(C)=O)c5)cc4n3CC3CC3)n(C)c12. The van der Waals surface area contributed by atoms with E-state index in [1.807, 2.05) is 42.3 Å². The summed E-state index contributed by atoms with van der Waals surface area (Å²) in [6.45, 7) is 3.16. The van der Waals surface area contributed by atoms with Gasteiger partial charge in [0.2, 0.25) is 5.91 Å². The van der Waals surface area contributed by atoms with Crippen LogP contribution in [0.3, 0.4) is 0 Å². The summed E-state index contributed by atoms with van der Waals surface area (Å²) < 4.78 is 10.4. The minimum absolute atomic E-state index is 0.00278. The van der Waals surface area contributed by atoms with E-state index in [9.17, 15) is 9.59 Å². The van der Waals surface area contributed by atoms with E-state index in [4.69, 9.17) is 15.5 Å². The Balaban J connectivity index is 1.22. The Morgan fingerprint density at radius 1 is 1.02 bits per heavy atom. The third-order valence-corrected chi connectivity index (χ3v) is 10.1. The van der Waals surface area contributed by atoms with Crippen molar-refractivity contribution in [1.82, 2.24) is 19.0 Å². The molecule has 3 heterocycles. The molecular formula is C36H38N6O3. The van der Waals surface area contributed by atoms with Crippen molar-refractivity contribution in [3.05, 3.63) is 66.2 Å². The van der Waals surface area contributed by atoms with Gasteiger partial charge in [-0.05, 0) is 85.0 Å². The quantitative estimate of drug-likeness (QED) is 0.245. The first-order valence-electron chi connectivity index (χ1n) is 15.9. The fraction of sp³-hybridized carbons (Fsp3) is 0.361. The lowest BCUT2D eigenvalue weighted by Gasteiger charge is -2.27. The molecule has 2 saturated carbocycles. The maximum atomic E-state index is 13.7. The van der Waals surface area contributed by atoms with Crippen LogP contribution in [-0.4, -0.2) is 56.6 Å². The number of hydrogen-bond donors (Lipinski definition) is 2. The van der Waals surface area contributed by atoms with Crippen molar-refractivity contribution in [1.29, 1.82) is 0 Å². The number of nitrogens with zero attached hydrogens (tertiary/aromatic N) is 4. The monoisotopic (exact) mass is 602 g/mol. The number of carbonyl (C=O) groups is 2. The Morgan fingerprint density at radius 2 is 1.84 bits per heavy atom. The van der Waals surface area contributed by atoms with Crippen molar-refractivity contribution in [2.75, 3.05) is 19.0 Å². The molecule has 2 bridgehead atoms. The summed E-state index contributed by atoms with van der Waals surface area (Å²) in [5.41, 5.74) is 13.7. The zero-order chi connectivity index (χ0) is 31.0. The number of aromatic nitrogens is 3.